The van der Waals surface area contributed by atoms with E-state index in [0.717, 1.165) is 4.90 Å². The Morgan fingerprint density at radius 1 is 1.50 bits per heavy atom. The monoisotopic (exact) mass is 297 g/mol. The van der Waals surface area contributed by atoms with Gasteiger partial charge in [0.2, 0.25) is 5.91 Å². The maximum atomic E-state index is 12.9. The van der Waals surface area contributed by atoms with Gasteiger partial charge < -0.3 is 0 Å². The third-order valence-corrected chi connectivity index (χ3v) is 4.05. The second-order valence-corrected chi connectivity index (χ2v) is 5.77. The van der Waals surface area contributed by atoms with Gasteiger partial charge in [0.05, 0.1) is 18.2 Å². The summed E-state index contributed by atoms with van der Waals surface area (Å²) in [6.07, 6.45) is -0.604. The van der Waals surface area contributed by atoms with Crippen LogP contribution < -0.4 is 4.90 Å². The van der Waals surface area contributed by atoms with E-state index in [1.807, 2.05) is 6.07 Å². The molecule has 1 aliphatic rings. The van der Waals surface area contributed by atoms with Crippen molar-refractivity contribution in [3.63, 3.8) is 0 Å². The van der Waals surface area contributed by atoms with Gasteiger partial charge >= 0.3 is 10.2 Å². The number of aromatic nitrogens is 2. The van der Waals surface area contributed by atoms with Crippen molar-refractivity contribution in [2.24, 2.45) is 0 Å². The van der Waals surface area contributed by atoms with Crippen LogP contribution in [0, 0.1) is 22.7 Å². The molecule has 1 saturated heterocycles. The second kappa shape index (κ2) is 4.90. The van der Waals surface area contributed by atoms with E-state index >= 15 is 0 Å². The number of aromatic amines is 1. The van der Waals surface area contributed by atoms with Crippen LogP contribution in [0.2, 0.25) is 0 Å². The first kappa shape index (κ1) is 14.0. The highest BCUT2D eigenvalue weighted by Gasteiger charge is 2.41. The zero-order valence-electron chi connectivity index (χ0n) is 10.00. The summed E-state index contributed by atoms with van der Waals surface area (Å²) < 4.78 is 34.6. The number of hydrogen-bond donors (Lipinski definition) is 1. The molecule has 0 radical (unpaired) electrons. The predicted molar refractivity (Wildman–Crippen MR) is 63.4 cm³/mol. The number of amides is 1. The lowest BCUT2D eigenvalue weighted by Crippen LogP contribution is -2.27. The SMILES string of the molecule is N#CCc1[nH]nc(N2CC(S(=O)(=O)F)CC2=O)c1C#N. The number of H-pyrrole nitrogens is 1. The molecule has 1 aromatic rings. The Morgan fingerprint density at radius 2 is 2.20 bits per heavy atom. The van der Waals surface area contributed by atoms with Crippen LogP contribution in [0.25, 0.3) is 0 Å². The van der Waals surface area contributed by atoms with E-state index < -0.39 is 34.3 Å². The highest BCUT2D eigenvalue weighted by atomic mass is 32.3. The maximum Gasteiger partial charge on any atom is 0.307 e. The van der Waals surface area contributed by atoms with E-state index in [1.165, 1.54) is 0 Å². The molecule has 104 valence electrons. The molecule has 1 aliphatic heterocycles. The second-order valence-electron chi connectivity index (χ2n) is 4.15. The molecule has 2 rings (SSSR count). The lowest BCUT2D eigenvalue weighted by molar-refractivity contribution is -0.117. The highest BCUT2D eigenvalue weighted by Crippen LogP contribution is 2.28. The van der Waals surface area contributed by atoms with Gasteiger partial charge in [-0.05, 0) is 0 Å². The number of rotatable bonds is 3. The Balaban J connectivity index is 2.37. The number of halogens is 1. The van der Waals surface area contributed by atoms with E-state index in [4.69, 9.17) is 10.5 Å². The van der Waals surface area contributed by atoms with E-state index in [9.17, 15) is 17.1 Å². The van der Waals surface area contributed by atoms with Gasteiger partial charge in [0.25, 0.3) is 0 Å². The lowest BCUT2D eigenvalue weighted by atomic mass is 10.2. The van der Waals surface area contributed by atoms with Gasteiger partial charge in [-0.1, -0.05) is 0 Å². The molecule has 0 aromatic carbocycles. The maximum absolute atomic E-state index is 12.9. The van der Waals surface area contributed by atoms with Crippen LogP contribution in [0.15, 0.2) is 0 Å². The summed E-state index contributed by atoms with van der Waals surface area (Å²) in [6, 6.07) is 3.62. The minimum absolute atomic E-state index is 0.0168. The van der Waals surface area contributed by atoms with Crippen molar-refractivity contribution in [1.29, 1.82) is 10.5 Å². The largest absolute Gasteiger partial charge is 0.307 e. The van der Waals surface area contributed by atoms with Crippen molar-refractivity contribution < 1.29 is 17.1 Å². The molecule has 0 saturated carbocycles. The zero-order valence-corrected chi connectivity index (χ0v) is 10.8. The van der Waals surface area contributed by atoms with Crippen LogP contribution in [-0.2, 0) is 21.4 Å². The normalized spacial score (nSPS) is 18.9. The number of nitriles is 2. The number of carbonyl (C=O) groups is 1. The zero-order chi connectivity index (χ0) is 14.9. The quantitative estimate of drug-likeness (QED) is 0.765. The first-order chi connectivity index (χ1) is 9.38. The molecule has 10 heteroatoms. The molecular formula is C10H8FN5O3S. The molecule has 0 aliphatic carbocycles. The lowest BCUT2D eigenvalue weighted by Gasteiger charge is -2.12. The van der Waals surface area contributed by atoms with Gasteiger partial charge in [-0.25, -0.2) is 0 Å². The summed E-state index contributed by atoms with van der Waals surface area (Å²) in [4.78, 5) is 12.7. The van der Waals surface area contributed by atoms with Crippen molar-refractivity contribution in [2.45, 2.75) is 18.1 Å². The summed E-state index contributed by atoms with van der Waals surface area (Å²) in [5.41, 5.74) is 0.209. The topological polar surface area (TPSA) is 131 Å². The molecule has 0 spiro atoms. The minimum Gasteiger partial charge on any atom is -0.293 e. The molecule has 1 unspecified atom stereocenters. The van der Waals surface area contributed by atoms with Crippen LogP contribution in [0.3, 0.4) is 0 Å². The molecule has 20 heavy (non-hydrogen) atoms. The van der Waals surface area contributed by atoms with Crippen LogP contribution in [0.4, 0.5) is 9.70 Å². The molecule has 1 atom stereocenters. The molecule has 1 amide bonds. The molecular weight excluding hydrogens is 289 g/mol. The highest BCUT2D eigenvalue weighted by molar-refractivity contribution is 7.87. The molecule has 1 N–H and O–H groups in total. The standard InChI is InChI=1S/C10H8FN5O3S/c11-20(18,19)6-3-9(17)16(5-6)10-7(4-13)8(1-2-12)14-15-10/h6H,1,3,5H2,(H,14,15). The van der Waals surface area contributed by atoms with Crippen molar-refractivity contribution in [2.75, 3.05) is 11.4 Å². The van der Waals surface area contributed by atoms with Crippen molar-refractivity contribution in [3.8, 4) is 12.1 Å². The number of nitrogens with zero attached hydrogens (tertiary/aromatic N) is 4. The number of carbonyl (C=O) groups excluding carboxylic acids is 1. The van der Waals surface area contributed by atoms with E-state index in [1.54, 1.807) is 6.07 Å². The van der Waals surface area contributed by atoms with Gasteiger partial charge in [0.15, 0.2) is 5.82 Å². The van der Waals surface area contributed by atoms with Crippen LogP contribution in [0.5, 0.6) is 0 Å². The fraction of sp³-hybridized carbons (Fsp3) is 0.400. The Labute approximate surface area is 113 Å². The Bertz CT molecular complexity index is 742. The average molecular weight is 297 g/mol. The van der Waals surface area contributed by atoms with Gasteiger partial charge in [0.1, 0.15) is 16.9 Å². The van der Waals surface area contributed by atoms with E-state index in [2.05, 4.69) is 10.2 Å². The summed E-state index contributed by atoms with van der Waals surface area (Å²) in [5, 5.41) is 22.4. The summed E-state index contributed by atoms with van der Waals surface area (Å²) in [5.74, 6) is -0.711. The van der Waals surface area contributed by atoms with E-state index in [0.29, 0.717) is 0 Å². The summed E-state index contributed by atoms with van der Waals surface area (Å²) in [7, 11) is -4.84. The van der Waals surface area contributed by atoms with Crippen molar-refractivity contribution in [1.82, 2.24) is 10.2 Å². The van der Waals surface area contributed by atoms with Gasteiger partial charge in [-0.15, -0.1) is 3.89 Å². The molecule has 1 fully saturated rings. The third-order valence-electron chi connectivity index (χ3n) is 2.93. The summed E-state index contributed by atoms with van der Waals surface area (Å²) >= 11 is 0. The minimum atomic E-state index is -4.84. The number of hydrogen-bond acceptors (Lipinski definition) is 6. The van der Waals surface area contributed by atoms with E-state index in [-0.39, 0.29) is 23.5 Å². The third kappa shape index (κ3) is 2.33. The van der Waals surface area contributed by atoms with Gasteiger partial charge in [-0.2, -0.15) is 24.0 Å². The Morgan fingerprint density at radius 3 is 2.70 bits per heavy atom. The van der Waals surface area contributed by atoms with Crippen molar-refractivity contribution in [3.05, 3.63) is 11.3 Å². The molecule has 8 nitrogen and oxygen atoms in total. The van der Waals surface area contributed by atoms with Crippen LogP contribution in [0.1, 0.15) is 17.7 Å². The Kier molecular flexibility index (Phi) is 3.42. The van der Waals surface area contributed by atoms with Crippen LogP contribution in [-0.4, -0.2) is 36.3 Å². The fourth-order valence-electron chi connectivity index (χ4n) is 1.96. The molecule has 1 aromatic heterocycles. The number of anilines is 1. The first-order valence-corrected chi connectivity index (χ1v) is 6.91. The smallest absolute Gasteiger partial charge is 0.293 e. The Hall–Kier alpha value is -2.46. The molecule has 2 heterocycles. The average Bonchev–Trinajstić information content (AvgIpc) is 2.92. The van der Waals surface area contributed by atoms with Gasteiger partial charge in [-0.3, -0.25) is 14.8 Å². The fourth-order valence-corrected chi connectivity index (χ4v) is 2.62. The van der Waals surface area contributed by atoms with Crippen molar-refractivity contribution >= 4 is 21.9 Å². The molecule has 0 bridgehead atoms. The van der Waals surface area contributed by atoms with Crippen LogP contribution >= 0.6 is 0 Å². The van der Waals surface area contributed by atoms with Gasteiger partial charge in [0, 0.05) is 13.0 Å². The predicted octanol–water partition coefficient (Wildman–Crippen LogP) is -0.248. The first-order valence-electron chi connectivity index (χ1n) is 5.46. The summed E-state index contributed by atoms with van der Waals surface area (Å²) in [6.45, 7) is -0.400. The number of nitrogens with one attached hydrogen (secondary N) is 1.